The number of aromatic nitrogens is 1. The Morgan fingerprint density at radius 1 is 0.750 bits per heavy atom. The van der Waals surface area contributed by atoms with Gasteiger partial charge < -0.3 is 39.4 Å². The maximum absolute atomic E-state index is 14.8. The Morgan fingerprint density at radius 3 is 1.77 bits per heavy atom. The highest BCUT2D eigenvalue weighted by molar-refractivity contribution is 7.10. The summed E-state index contributed by atoms with van der Waals surface area (Å²) >= 11 is 1.07. The first-order chi connectivity index (χ1) is 29.1. The number of halogens is 1. The third kappa shape index (κ3) is 9.20. The largest absolute Gasteiger partial charge is 0.493 e. The van der Waals surface area contributed by atoms with E-state index in [1.165, 1.54) is 34.4 Å². The molecule has 1 aromatic heterocycles. The van der Waals surface area contributed by atoms with E-state index >= 15 is 0 Å². The minimum Gasteiger partial charge on any atom is -0.493 e. The zero-order chi connectivity index (χ0) is 41.9. The van der Waals surface area contributed by atoms with Crippen molar-refractivity contribution in [2.45, 2.75) is 75.8 Å². The lowest BCUT2D eigenvalue weighted by atomic mass is 9.86. The van der Waals surface area contributed by atoms with Gasteiger partial charge in [0.15, 0.2) is 23.0 Å². The Kier molecular flexibility index (Phi) is 12.2. The summed E-state index contributed by atoms with van der Waals surface area (Å²) in [5.74, 6) is -0.233. The Morgan fingerprint density at radius 2 is 1.30 bits per heavy atom. The molecular weight excluding hydrogens is 790 g/mol. The first kappa shape index (κ1) is 41.1. The van der Waals surface area contributed by atoms with E-state index in [-0.39, 0.29) is 55.3 Å². The van der Waals surface area contributed by atoms with Crippen molar-refractivity contribution in [1.29, 1.82) is 0 Å². The molecule has 2 aliphatic carbocycles. The number of amides is 4. The molecule has 0 spiro atoms. The van der Waals surface area contributed by atoms with E-state index in [1.54, 1.807) is 27.2 Å². The van der Waals surface area contributed by atoms with Crippen molar-refractivity contribution in [3.8, 4) is 23.0 Å². The fourth-order valence-electron chi connectivity index (χ4n) is 8.24. The van der Waals surface area contributed by atoms with Gasteiger partial charge in [-0.05, 0) is 116 Å². The minimum atomic E-state index is -1.51. The summed E-state index contributed by atoms with van der Waals surface area (Å²) in [6, 6.07) is 15.2. The summed E-state index contributed by atoms with van der Waals surface area (Å²) in [5, 5.41) is 6.07. The smallest absolute Gasteiger partial charge is 0.250 e. The Hall–Kier alpha value is -5.70. The van der Waals surface area contributed by atoms with Crippen LogP contribution in [0.2, 0.25) is 0 Å². The highest BCUT2D eigenvalue weighted by Gasteiger charge is 2.50. The predicted octanol–water partition coefficient (Wildman–Crippen LogP) is 6.92. The number of hydrogen-bond donors (Lipinski definition) is 2. The van der Waals surface area contributed by atoms with Crippen LogP contribution in [0.5, 0.6) is 23.0 Å². The third-order valence-electron chi connectivity index (χ3n) is 12.0. The molecule has 316 valence electrons. The van der Waals surface area contributed by atoms with Crippen LogP contribution in [-0.4, -0.2) is 90.4 Å². The molecule has 3 heterocycles. The molecule has 0 radical (unpaired) electrons. The lowest BCUT2D eigenvalue weighted by Gasteiger charge is -2.37. The number of hydrogen-bond acceptors (Lipinski definition) is 10. The fraction of sp³-hybridized carbons (Fsp3) is 0.444. The van der Waals surface area contributed by atoms with Crippen molar-refractivity contribution >= 4 is 45.8 Å². The highest BCUT2D eigenvalue weighted by Crippen LogP contribution is 2.41. The highest BCUT2D eigenvalue weighted by atomic mass is 32.1. The van der Waals surface area contributed by atoms with Crippen molar-refractivity contribution in [1.82, 2.24) is 14.2 Å². The van der Waals surface area contributed by atoms with Crippen LogP contribution >= 0.6 is 11.5 Å². The minimum absolute atomic E-state index is 0.0343. The van der Waals surface area contributed by atoms with Gasteiger partial charge in [0.25, 0.3) is 5.91 Å². The summed E-state index contributed by atoms with van der Waals surface area (Å²) in [4.78, 5) is 60.9. The van der Waals surface area contributed by atoms with Gasteiger partial charge in [-0.25, -0.2) is 4.39 Å². The van der Waals surface area contributed by atoms with Crippen molar-refractivity contribution in [3.63, 3.8) is 0 Å². The zero-order valence-electron chi connectivity index (χ0n) is 34.0. The summed E-state index contributed by atoms with van der Waals surface area (Å²) in [7, 11) is 3.15. The zero-order valence-corrected chi connectivity index (χ0v) is 34.8. The molecule has 4 aliphatic rings. The molecule has 4 fully saturated rings. The van der Waals surface area contributed by atoms with E-state index < -0.39 is 29.7 Å². The van der Waals surface area contributed by atoms with Crippen molar-refractivity contribution < 1.29 is 42.5 Å². The molecule has 8 rings (SSSR count). The standard InChI is InChI=1S/C45H50FN5O8S/c1-26-16-39(60-49-26)48-45(55)43(51-23-32(20-41(51)53)30-13-15-36(57-3)38(18-30)59-25-28-10-11-28)42(44(54)47-34-9-5-8-33(46)21-34)50-22-31(19-40(50)52)29-12-14-35(56-2)37(17-29)58-24-27-6-4-7-27/h5,8-9,12-18,21,27-28,31-32,42-43H,4,6-7,10-11,19-20,22-25H2,1-3H3,(H,47,54)(H,48,55). The first-order valence-corrected chi connectivity index (χ1v) is 21.3. The molecule has 15 heteroatoms. The number of methoxy groups -OCH3 is 2. The van der Waals surface area contributed by atoms with Gasteiger partial charge in [-0.3, -0.25) is 19.2 Å². The summed E-state index contributed by atoms with van der Waals surface area (Å²) < 4.78 is 42.3. The summed E-state index contributed by atoms with van der Waals surface area (Å²) in [5.41, 5.74) is 2.42. The molecule has 13 nitrogen and oxygen atoms in total. The van der Waals surface area contributed by atoms with Gasteiger partial charge in [-0.2, -0.15) is 4.37 Å². The molecule has 4 amide bonds. The summed E-state index contributed by atoms with van der Waals surface area (Å²) in [6.45, 7) is 3.04. The van der Waals surface area contributed by atoms with Crippen LogP contribution < -0.4 is 29.6 Å². The normalized spacial score (nSPS) is 20.1. The van der Waals surface area contributed by atoms with Crippen LogP contribution in [0.25, 0.3) is 0 Å². The molecule has 4 aromatic rings. The van der Waals surface area contributed by atoms with Gasteiger partial charge >= 0.3 is 0 Å². The number of carbonyl (C=O) groups excluding carboxylic acids is 4. The van der Waals surface area contributed by atoms with E-state index in [0.29, 0.717) is 58.7 Å². The molecule has 2 saturated carbocycles. The molecule has 2 saturated heterocycles. The molecule has 2 aliphatic heterocycles. The Balaban J connectivity index is 1.14. The van der Waals surface area contributed by atoms with Crippen LogP contribution in [0.3, 0.4) is 0 Å². The molecule has 4 atom stereocenters. The topological polar surface area (TPSA) is 149 Å². The summed E-state index contributed by atoms with van der Waals surface area (Å²) in [6.07, 6.45) is 5.71. The van der Waals surface area contributed by atoms with Gasteiger partial charge in [0.05, 0.1) is 33.1 Å². The van der Waals surface area contributed by atoms with E-state index in [9.17, 15) is 23.6 Å². The SMILES string of the molecule is COc1ccc(C2CC(=O)N(C(C(=O)Nc3cccc(F)c3)C(C(=O)Nc3cc(C)ns3)N3CC(c4ccc(OC)c(OCC5CC5)c4)CC3=O)C2)cc1OCC1CCC1. The molecule has 60 heavy (non-hydrogen) atoms. The van der Waals surface area contributed by atoms with E-state index in [0.717, 1.165) is 54.4 Å². The number of anilines is 2. The second kappa shape index (κ2) is 17.9. The van der Waals surface area contributed by atoms with Gasteiger partial charge in [-0.1, -0.05) is 24.6 Å². The first-order valence-electron chi connectivity index (χ1n) is 20.6. The third-order valence-corrected chi connectivity index (χ3v) is 12.8. The van der Waals surface area contributed by atoms with E-state index in [4.69, 9.17) is 18.9 Å². The monoisotopic (exact) mass is 839 g/mol. The molecular formula is C45H50FN5O8S. The Labute approximate surface area is 352 Å². The van der Waals surface area contributed by atoms with E-state index in [1.807, 2.05) is 36.4 Å². The Bertz CT molecular complexity index is 2240. The lowest BCUT2D eigenvalue weighted by Crippen LogP contribution is -2.62. The number of aryl methyl sites for hydroxylation is 1. The molecule has 0 bridgehead atoms. The van der Waals surface area contributed by atoms with Crippen LogP contribution in [-0.2, 0) is 19.2 Å². The number of rotatable bonds is 17. The van der Waals surface area contributed by atoms with Gasteiger partial charge in [0.2, 0.25) is 17.7 Å². The van der Waals surface area contributed by atoms with Crippen molar-refractivity contribution in [2.75, 3.05) is 51.2 Å². The maximum atomic E-state index is 14.8. The average Bonchev–Trinajstić information content (AvgIpc) is 3.66. The van der Waals surface area contributed by atoms with Crippen LogP contribution in [0.4, 0.5) is 15.1 Å². The lowest BCUT2D eigenvalue weighted by molar-refractivity contribution is -0.145. The van der Waals surface area contributed by atoms with Crippen molar-refractivity contribution in [2.24, 2.45) is 11.8 Å². The number of likely N-dealkylation sites (tertiary alicyclic amines) is 2. The molecule has 3 aromatic carbocycles. The van der Waals surface area contributed by atoms with E-state index in [2.05, 4.69) is 15.0 Å². The second-order valence-electron chi connectivity index (χ2n) is 16.3. The quantitative estimate of drug-likeness (QED) is 0.116. The predicted molar refractivity (Wildman–Crippen MR) is 223 cm³/mol. The number of ether oxygens (including phenoxy) is 4. The number of nitrogens with zero attached hydrogens (tertiary/aromatic N) is 3. The maximum Gasteiger partial charge on any atom is 0.250 e. The van der Waals surface area contributed by atoms with Crippen LogP contribution in [0.15, 0.2) is 66.7 Å². The van der Waals surface area contributed by atoms with Gasteiger partial charge in [0, 0.05) is 43.5 Å². The average molecular weight is 840 g/mol. The second-order valence-corrected chi connectivity index (χ2v) is 17.1. The molecule has 4 unspecified atom stereocenters. The van der Waals surface area contributed by atoms with Gasteiger partial charge in [-0.15, -0.1) is 0 Å². The van der Waals surface area contributed by atoms with Crippen molar-refractivity contribution in [3.05, 3.63) is 89.4 Å². The number of nitrogens with one attached hydrogen (secondary N) is 2. The number of benzene rings is 3. The van der Waals surface area contributed by atoms with Crippen LogP contribution in [0, 0.1) is 24.6 Å². The number of carbonyl (C=O) groups is 4. The molecule has 2 N–H and O–H groups in total. The van der Waals surface area contributed by atoms with Gasteiger partial charge in [0.1, 0.15) is 22.9 Å². The van der Waals surface area contributed by atoms with Crippen LogP contribution in [0.1, 0.15) is 73.6 Å². The fourth-order valence-corrected chi connectivity index (χ4v) is 8.90.